The molecule has 0 amide bonds. The first-order valence-electron chi connectivity index (χ1n) is 9.39. The summed E-state index contributed by atoms with van der Waals surface area (Å²) in [5.41, 5.74) is 0.830. The lowest BCUT2D eigenvalue weighted by molar-refractivity contribution is -0.137. The fourth-order valence-corrected chi connectivity index (χ4v) is 3.67. The second kappa shape index (κ2) is 9.06. The molecule has 0 fully saturated rings. The number of rotatable bonds is 5. The third-order valence-electron chi connectivity index (χ3n) is 4.53. The van der Waals surface area contributed by atoms with Gasteiger partial charge in [-0.1, -0.05) is 47.5 Å². The van der Waals surface area contributed by atoms with Crippen LogP contribution in [0.4, 0.5) is 36.3 Å². The van der Waals surface area contributed by atoms with Gasteiger partial charge in [-0.3, -0.25) is 0 Å². The molecule has 4 nitrogen and oxygen atoms in total. The van der Waals surface area contributed by atoms with Crippen LogP contribution in [0.3, 0.4) is 0 Å². The zero-order valence-electron chi connectivity index (χ0n) is 16.3. The standard InChI is InChI=1S/C23H15Cl2F3N4/c24-17-7-4-8-18(25)21(17)16-13-14(23(26,27)28)9-10-19(16)31-20-11-12-29-22(32-20)30-15-5-2-1-3-6-15/h1-13H,(H2,29,30,31,32). The van der Waals surface area contributed by atoms with Gasteiger partial charge in [0, 0.05) is 38.7 Å². The van der Waals surface area contributed by atoms with Crippen LogP contribution in [0.15, 0.2) is 79.0 Å². The third-order valence-corrected chi connectivity index (χ3v) is 5.16. The van der Waals surface area contributed by atoms with Crippen molar-refractivity contribution in [1.82, 2.24) is 9.97 Å². The predicted octanol–water partition coefficient (Wildman–Crippen LogP) is 7.96. The van der Waals surface area contributed by atoms with Crippen LogP contribution < -0.4 is 10.6 Å². The van der Waals surface area contributed by atoms with E-state index in [0.717, 1.165) is 17.8 Å². The Morgan fingerprint density at radius 3 is 2.19 bits per heavy atom. The quantitative estimate of drug-likeness (QED) is 0.308. The van der Waals surface area contributed by atoms with Crippen LogP contribution in [0.2, 0.25) is 10.0 Å². The van der Waals surface area contributed by atoms with Gasteiger partial charge in [-0.15, -0.1) is 0 Å². The highest BCUT2D eigenvalue weighted by Crippen LogP contribution is 2.42. The van der Waals surface area contributed by atoms with E-state index >= 15 is 0 Å². The summed E-state index contributed by atoms with van der Waals surface area (Å²) in [6.45, 7) is 0. The van der Waals surface area contributed by atoms with Gasteiger partial charge in [0.1, 0.15) is 5.82 Å². The number of alkyl halides is 3. The summed E-state index contributed by atoms with van der Waals surface area (Å²) in [7, 11) is 0. The molecule has 0 aliphatic heterocycles. The molecule has 0 unspecified atom stereocenters. The van der Waals surface area contributed by atoms with Crippen molar-refractivity contribution in [1.29, 1.82) is 0 Å². The van der Waals surface area contributed by atoms with E-state index in [2.05, 4.69) is 20.6 Å². The number of aromatic nitrogens is 2. The van der Waals surface area contributed by atoms with Crippen molar-refractivity contribution in [3.63, 3.8) is 0 Å². The topological polar surface area (TPSA) is 49.8 Å². The molecule has 0 bridgehead atoms. The maximum atomic E-state index is 13.4. The van der Waals surface area contributed by atoms with Gasteiger partial charge in [0.2, 0.25) is 5.95 Å². The molecule has 0 aliphatic rings. The smallest absolute Gasteiger partial charge is 0.340 e. The Labute approximate surface area is 192 Å². The van der Waals surface area contributed by atoms with Crippen LogP contribution in [0.5, 0.6) is 0 Å². The fourth-order valence-electron chi connectivity index (χ4n) is 3.07. The van der Waals surface area contributed by atoms with Crippen LogP contribution in [-0.4, -0.2) is 9.97 Å². The maximum absolute atomic E-state index is 13.4. The number of nitrogens with one attached hydrogen (secondary N) is 2. The van der Waals surface area contributed by atoms with Crippen molar-refractivity contribution >= 4 is 46.3 Å². The SMILES string of the molecule is FC(F)(F)c1ccc(Nc2ccnc(Nc3ccccc3)n2)c(-c2c(Cl)cccc2Cl)c1. The Balaban J connectivity index is 1.73. The molecule has 0 atom stereocenters. The molecule has 0 radical (unpaired) electrons. The largest absolute Gasteiger partial charge is 0.416 e. The Kier molecular flexibility index (Phi) is 6.21. The first-order valence-corrected chi connectivity index (χ1v) is 10.1. The molecule has 162 valence electrons. The molecule has 32 heavy (non-hydrogen) atoms. The summed E-state index contributed by atoms with van der Waals surface area (Å²) in [6.07, 6.45) is -2.99. The highest BCUT2D eigenvalue weighted by Gasteiger charge is 2.31. The molecule has 3 aromatic carbocycles. The van der Waals surface area contributed by atoms with Gasteiger partial charge in [-0.25, -0.2) is 4.98 Å². The summed E-state index contributed by atoms with van der Waals surface area (Å²) >= 11 is 12.6. The van der Waals surface area contributed by atoms with Crippen molar-refractivity contribution in [2.75, 3.05) is 10.6 Å². The van der Waals surface area contributed by atoms with Gasteiger partial charge < -0.3 is 10.6 Å². The normalized spacial score (nSPS) is 11.3. The van der Waals surface area contributed by atoms with Crippen molar-refractivity contribution in [2.45, 2.75) is 6.18 Å². The number of benzene rings is 3. The van der Waals surface area contributed by atoms with E-state index < -0.39 is 11.7 Å². The summed E-state index contributed by atoms with van der Waals surface area (Å²) in [5.74, 6) is 0.702. The van der Waals surface area contributed by atoms with Crippen molar-refractivity contribution in [2.24, 2.45) is 0 Å². The average molecular weight is 475 g/mol. The van der Waals surface area contributed by atoms with E-state index in [9.17, 15) is 13.2 Å². The van der Waals surface area contributed by atoms with E-state index in [-0.39, 0.29) is 15.6 Å². The van der Waals surface area contributed by atoms with E-state index in [1.54, 1.807) is 24.3 Å². The Morgan fingerprint density at radius 1 is 0.781 bits per heavy atom. The minimum absolute atomic E-state index is 0.201. The fraction of sp³-hybridized carbons (Fsp3) is 0.0435. The maximum Gasteiger partial charge on any atom is 0.416 e. The van der Waals surface area contributed by atoms with Crippen LogP contribution in [0, 0.1) is 0 Å². The van der Waals surface area contributed by atoms with Crippen molar-refractivity contribution in [3.8, 4) is 11.1 Å². The minimum Gasteiger partial charge on any atom is -0.340 e. The first kappa shape index (κ1) is 21.9. The molecule has 0 spiro atoms. The monoisotopic (exact) mass is 474 g/mol. The first-order chi connectivity index (χ1) is 15.3. The van der Waals surface area contributed by atoms with Gasteiger partial charge in [0.25, 0.3) is 0 Å². The molecule has 4 rings (SSSR count). The summed E-state index contributed by atoms with van der Waals surface area (Å²) in [5, 5.41) is 6.59. The Hall–Kier alpha value is -3.29. The number of para-hydroxylation sites is 1. The highest BCUT2D eigenvalue weighted by atomic mass is 35.5. The number of anilines is 4. The molecule has 0 saturated heterocycles. The highest BCUT2D eigenvalue weighted by molar-refractivity contribution is 6.39. The van der Waals surface area contributed by atoms with Crippen LogP contribution in [0.1, 0.15) is 5.56 Å². The molecule has 2 N–H and O–H groups in total. The molecular formula is C23H15Cl2F3N4. The Morgan fingerprint density at radius 2 is 1.50 bits per heavy atom. The van der Waals surface area contributed by atoms with E-state index in [1.165, 1.54) is 12.3 Å². The molecule has 4 aromatic rings. The van der Waals surface area contributed by atoms with Gasteiger partial charge in [-0.2, -0.15) is 18.2 Å². The van der Waals surface area contributed by atoms with Crippen LogP contribution in [0.25, 0.3) is 11.1 Å². The zero-order chi connectivity index (χ0) is 22.7. The average Bonchev–Trinajstić information content (AvgIpc) is 2.75. The van der Waals surface area contributed by atoms with Gasteiger partial charge in [-0.05, 0) is 48.5 Å². The van der Waals surface area contributed by atoms with E-state index in [1.807, 2.05) is 30.3 Å². The second-order valence-corrected chi connectivity index (χ2v) is 7.55. The number of hydrogen-bond acceptors (Lipinski definition) is 4. The van der Waals surface area contributed by atoms with Crippen LogP contribution >= 0.6 is 23.2 Å². The summed E-state index contributed by atoms with van der Waals surface area (Å²) < 4.78 is 40.2. The van der Waals surface area contributed by atoms with Gasteiger partial charge in [0.05, 0.1) is 5.56 Å². The molecular weight excluding hydrogens is 460 g/mol. The summed E-state index contributed by atoms with van der Waals surface area (Å²) in [4.78, 5) is 8.57. The molecule has 0 aliphatic carbocycles. The van der Waals surface area contributed by atoms with Gasteiger partial charge in [0.15, 0.2) is 0 Å². The Bertz CT molecular complexity index is 1230. The van der Waals surface area contributed by atoms with Crippen molar-refractivity contribution in [3.05, 3.63) is 94.6 Å². The number of hydrogen-bond donors (Lipinski definition) is 2. The van der Waals surface area contributed by atoms with E-state index in [0.29, 0.717) is 23.0 Å². The zero-order valence-corrected chi connectivity index (χ0v) is 17.8. The molecule has 0 saturated carbocycles. The third kappa shape index (κ3) is 4.95. The predicted molar refractivity (Wildman–Crippen MR) is 122 cm³/mol. The second-order valence-electron chi connectivity index (χ2n) is 6.74. The summed E-state index contributed by atoms with van der Waals surface area (Å²) in [6, 6.07) is 19.0. The lowest BCUT2D eigenvalue weighted by atomic mass is 10.00. The minimum atomic E-state index is -4.53. The van der Waals surface area contributed by atoms with E-state index in [4.69, 9.17) is 23.2 Å². The molecule has 9 heteroatoms. The number of nitrogens with zero attached hydrogens (tertiary/aromatic N) is 2. The molecule has 1 heterocycles. The number of halogens is 5. The van der Waals surface area contributed by atoms with Crippen molar-refractivity contribution < 1.29 is 13.2 Å². The van der Waals surface area contributed by atoms with Gasteiger partial charge >= 0.3 is 6.18 Å². The lowest BCUT2D eigenvalue weighted by Gasteiger charge is -2.17. The van der Waals surface area contributed by atoms with Crippen LogP contribution in [-0.2, 0) is 6.18 Å². The lowest BCUT2D eigenvalue weighted by Crippen LogP contribution is -2.06. The molecule has 1 aromatic heterocycles.